The molecule has 0 aliphatic heterocycles. The third-order valence-electron chi connectivity index (χ3n) is 3.63. The largest absolute Gasteiger partial charge is 0.308 e. The molecule has 5 heteroatoms. The zero-order valence-electron chi connectivity index (χ0n) is 12.9. The van der Waals surface area contributed by atoms with E-state index < -0.39 is 0 Å². The van der Waals surface area contributed by atoms with E-state index in [1.807, 2.05) is 17.0 Å². The molecule has 3 nitrogen and oxygen atoms in total. The van der Waals surface area contributed by atoms with Gasteiger partial charge in [0.15, 0.2) is 0 Å². The maximum absolute atomic E-state index is 9.21. The van der Waals surface area contributed by atoms with Gasteiger partial charge in [0.2, 0.25) is 0 Å². The Hall–Kier alpha value is -2.98. The predicted octanol–water partition coefficient (Wildman–Crippen LogP) is 6.21. The van der Waals surface area contributed by atoms with Gasteiger partial charge in [-0.25, -0.2) is 0 Å². The van der Waals surface area contributed by atoms with Crippen molar-refractivity contribution in [3.05, 3.63) is 87.9 Å². The number of anilines is 3. The van der Waals surface area contributed by atoms with Crippen molar-refractivity contribution >= 4 is 40.3 Å². The molecule has 0 aliphatic carbocycles. The molecule has 3 aromatic carbocycles. The van der Waals surface area contributed by atoms with E-state index in [1.54, 1.807) is 54.6 Å². The molecule has 0 atom stereocenters. The lowest BCUT2D eigenvalue weighted by Gasteiger charge is -2.27. The first kappa shape index (κ1) is 16.9. The third-order valence-corrected chi connectivity index (χ3v) is 4.24. The molecule has 0 unspecified atom stereocenters. The van der Waals surface area contributed by atoms with E-state index in [1.165, 1.54) is 0 Å². The SMILES string of the molecule is N#Cc1cccc(N(c2cccc(C#N)c2)c2c(Cl)cccc2Cl)c1. The standard InChI is InChI=1S/C20H11Cl2N3/c21-18-8-3-9-19(22)20(18)25(16-6-1-4-14(10-16)12-23)17-7-2-5-15(11-17)13-24/h1-11H. The minimum atomic E-state index is 0.470. The molecule has 3 rings (SSSR count). The molecule has 0 bridgehead atoms. The first-order valence-electron chi connectivity index (χ1n) is 7.38. The maximum atomic E-state index is 9.21. The van der Waals surface area contributed by atoms with Gasteiger partial charge in [0, 0.05) is 11.4 Å². The van der Waals surface area contributed by atoms with Crippen molar-refractivity contribution in [2.75, 3.05) is 4.90 Å². The summed E-state index contributed by atoms with van der Waals surface area (Å²) in [6.45, 7) is 0. The van der Waals surface area contributed by atoms with Crippen LogP contribution in [0.5, 0.6) is 0 Å². The average Bonchev–Trinajstić information content (AvgIpc) is 2.65. The highest BCUT2D eigenvalue weighted by atomic mass is 35.5. The summed E-state index contributed by atoms with van der Waals surface area (Å²) in [5.74, 6) is 0. The number of benzene rings is 3. The number of nitriles is 2. The highest BCUT2D eigenvalue weighted by Gasteiger charge is 2.19. The number of halogens is 2. The fourth-order valence-corrected chi connectivity index (χ4v) is 3.11. The molecule has 0 heterocycles. The molecule has 120 valence electrons. The van der Waals surface area contributed by atoms with Gasteiger partial charge in [-0.05, 0) is 48.5 Å². The molecule has 0 aliphatic rings. The van der Waals surface area contributed by atoms with Crippen molar-refractivity contribution in [3.63, 3.8) is 0 Å². The predicted molar refractivity (Wildman–Crippen MR) is 101 cm³/mol. The topological polar surface area (TPSA) is 50.8 Å². The van der Waals surface area contributed by atoms with Gasteiger partial charge in [0.25, 0.3) is 0 Å². The Morgan fingerprint density at radius 2 is 1.12 bits per heavy atom. The van der Waals surface area contributed by atoms with Crippen LogP contribution >= 0.6 is 23.2 Å². The van der Waals surface area contributed by atoms with Gasteiger partial charge in [0.1, 0.15) is 0 Å². The highest BCUT2D eigenvalue weighted by Crippen LogP contribution is 2.43. The quantitative estimate of drug-likeness (QED) is 0.555. The van der Waals surface area contributed by atoms with Crippen LogP contribution in [0.15, 0.2) is 66.7 Å². The lowest BCUT2D eigenvalue weighted by atomic mass is 10.1. The van der Waals surface area contributed by atoms with E-state index in [0.29, 0.717) is 26.9 Å². The second-order valence-electron chi connectivity index (χ2n) is 5.23. The summed E-state index contributed by atoms with van der Waals surface area (Å²) in [6, 6.07) is 23.8. The monoisotopic (exact) mass is 363 g/mol. The van der Waals surface area contributed by atoms with Crippen LogP contribution in [0.25, 0.3) is 0 Å². The van der Waals surface area contributed by atoms with Gasteiger partial charge in [-0.3, -0.25) is 0 Å². The fraction of sp³-hybridized carbons (Fsp3) is 0. The van der Waals surface area contributed by atoms with Crippen LogP contribution in [0.2, 0.25) is 10.0 Å². The smallest absolute Gasteiger partial charge is 0.0992 e. The molecule has 3 aromatic rings. The van der Waals surface area contributed by atoms with Crippen LogP contribution in [0, 0.1) is 22.7 Å². The van der Waals surface area contributed by atoms with Crippen molar-refractivity contribution < 1.29 is 0 Å². The molecule has 0 aromatic heterocycles. The van der Waals surface area contributed by atoms with Gasteiger partial charge in [-0.1, -0.05) is 41.4 Å². The van der Waals surface area contributed by atoms with Crippen LogP contribution in [-0.2, 0) is 0 Å². The lowest BCUT2D eigenvalue weighted by Crippen LogP contribution is -2.11. The Morgan fingerprint density at radius 3 is 1.56 bits per heavy atom. The van der Waals surface area contributed by atoms with Crippen LogP contribution in [-0.4, -0.2) is 0 Å². The summed E-state index contributed by atoms with van der Waals surface area (Å²) >= 11 is 12.8. The van der Waals surface area contributed by atoms with E-state index in [2.05, 4.69) is 12.1 Å². The first-order valence-corrected chi connectivity index (χ1v) is 8.14. The van der Waals surface area contributed by atoms with Crippen molar-refractivity contribution in [1.29, 1.82) is 10.5 Å². The lowest BCUT2D eigenvalue weighted by molar-refractivity contribution is 1.27. The van der Waals surface area contributed by atoms with Gasteiger partial charge in [0.05, 0.1) is 39.0 Å². The summed E-state index contributed by atoms with van der Waals surface area (Å²) < 4.78 is 0. The first-order chi connectivity index (χ1) is 12.1. The van der Waals surface area contributed by atoms with Gasteiger partial charge in [-0.15, -0.1) is 0 Å². The van der Waals surface area contributed by atoms with Crippen LogP contribution in [0.1, 0.15) is 11.1 Å². The second-order valence-corrected chi connectivity index (χ2v) is 6.04. The molecule has 0 saturated carbocycles. The molecule has 0 fully saturated rings. The zero-order chi connectivity index (χ0) is 17.8. The molecular weight excluding hydrogens is 353 g/mol. The number of rotatable bonds is 3. The van der Waals surface area contributed by atoms with Crippen molar-refractivity contribution in [2.24, 2.45) is 0 Å². The third kappa shape index (κ3) is 3.44. The van der Waals surface area contributed by atoms with E-state index in [4.69, 9.17) is 23.2 Å². The summed E-state index contributed by atoms with van der Waals surface area (Å²) in [4.78, 5) is 1.84. The van der Waals surface area contributed by atoms with Crippen LogP contribution < -0.4 is 4.90 Å². The summed E-state index contributed by atoms with van der Waals surface area (Å²) in [7, 11) is 0. The Balaban J connectivity index is 2.28. The molecule has 0 saturated heterocycles. The number of hydrogen-bond acceptors (Lipinski definition) is 3. The van der Waals surface area contributed by atoms with E-state index in [-0.39, 0.29) is 0 Å². The molecule has 0 amide bonds. The van der Waals surface area contributed by atoms with E-state index in [9.17, 15) is 10.5 Å². The number of nitrogens with zero attached hydrogens (tertiary/aromatic N) is 3. The molecule has 0 spiro atoms. The molecule has 0 radical (unpaired) electrons. The van der Waals surface area contributed by atoms with E-state index in [0.717, 1.165) is 11.4 Å². The van der Waals surface area contributed by atoms with Crippen LogP contribution in [0.3, 0.4) is 0 Å². The minimum absolute atomic E-state index is 0.470. The Kier molecular flexibility index (Phi) is 4.91. The highest BCUT2D eigenvalue weighted by molar-refractivity contribution is 6.39. The fourth-order valence-electron chi connectivity index (χ4n) is 2.54. The van der Waals surface area contributed by atoms with Crippen molar-refractivity contribution in [1.82, 2.24) is 0 Å². The van der Waals surface area contributed by atoms with Crippen molar-refractivity contribution in [2.45, 2.75) is 0 Å². The summed E-state index contributed by atoms with van der Waals surface area (Å²) in [5.41, 5.74) is 3.08. The van der Waals surface area contributed by atoms with E-state index >= 15 is 0 Å². The molecule has 0 N–H and O–H groups in total. The van der Waals surface area contributed by atoms with Gasteiger partial charge < -0.3 is 4.90 Å². The normalized spacial score (nSPS) is 9.92. The van der Waals surface area contributed by atoms with Gasteiger partial charge >= 0.3 is 0 Å². The second kappa shape index (κ2) is 7.28. The van der Waals surface area contributed by atoms with Gasteiger partial charge in [-0.2, -0.15) is 10.5 Å². The van der Waals surface area contributed by atoms with Crippen LogP contribution in [0.4, 0.5) is 17.1 Å². The zero-order valence-corrected chi connectivity index (χ0v) is 14.5. The number of hydrogen-bond donors (Lipinski definition) is 0. The average molecular weight is 364 g/mol. The van der Waals surface area contributed by atoms with Crippen molar-refractivity contribution in [3.8, 4) is 12.1 Å². The summed E-state index contributed by atoms with van der Waals surface area (Å²) in [6.07, 6.45) is 0. The maximum Gasteiger partial charge on any atom is 0.0992 e. The molecular formula is C20H11Cl2N3. The number of para-hydroxylation sites is 1. The Morgan fingerprint density at radius 1 is 0.680 bits per heavy atom. The Bertz CT molecular complexity index is 938. The summed E-state index contributed by atoms with van der Waals surface area (Å²) in [5, 5.41) is 19.4. The minimum Gasteiger partial charge on any atom is -0.308 e. The molecule has 25 heavy (non-hydrogen) atoms. The Labute approximate surface area is 155 Å².